The van der Waals surface area contributed by atoms with Crippen molar-refractivity contribution in [2.24, 2.45) is 0 Å². The predicted octanol–water partition coefficient (Wildman–Crippen LogP) is 1.77. The summed E-state index contributed by atoms with van der Waals surface area (Å²) in [7, 11) is 1.65. The molecule has 2 aromatic carbocycles. The molecule has 0 aromatic heterocycles. The maximum absolute atomic E-state index is 12.1. The van der Waals surface area contributed by atoms with Gasteiger partial charge in [0.15, 0.2) is 11.5 Å². The van der Waals surface area contributed by atoms with Crippen molar-refractivity contribution < 1.29 is 14.3 Å². The number of hydrogen-bond donors (Lipinski definition) is 2. The first-order chi connectivity index (χ1) is 11.8. The van der Waals surface area contributed by atoms with Crippen LogP contribution < -0.4 is 20.1 Å². The van der Waals surface area contributed by atoms with Gasteiger partial charge in [0.1, 0.15) is 12.7 Å². The molecule has 0 saturated heterocycles. The fraction of sp³-hybridized carbons (Fsp3) is 0.316. The topological polar surface area (TPSA) is 59.6 Å². The molecule has 0 unspecified atom stereocenters. The van der Waals surface area contributed by atoms with Crippen LogP contribution in [0.1, 0.15) is 5.56 Å². The zero-order valence-corrected chi connectivity index (χ0v) is 13.7. The van der Waals surface area contributed by atoms with Gasteiger partial charge >= 0.3 is 0 Å². The summed E-state index contributed by atoms with van der Waals surface area (Å²) in [5.74, 6) is 1.48. The standard InChI is InChI=1S/C19H22N2O3/c1-20-19(22)16(11-14-7-3-2-4-8-14)21-12-15-13-23-17-9-5-6-10-18(17)24-15/h2-10,15-16,21H,11-13H2,1H3,(H,20,22)/t15-,16+/m0/s1. The fourth-order valence-electron chi connectivity index (χ4n) is 2.72. The van der Waals surface area contributed by atoms with E-state index in [9.17, 15) is 4.79 Å². The summed E-state index contributed by atoms with van der Waals surface area (Å²) in [4.78, 5) is 12.1. The number of carbonyl (C=O) groups is 1. The number of benzene rings is 2. The molecular formula is C19H22N2O3. The Morgan fingerprint density at radius 3 is 2.58 bits per heavy atom. The maximum atomic E-state index is 12.1. The Balaban J connectivity index is 1.59. The SMILES string of the molecule is CNC(=O)[C@@H](Cc1ccccc1)NC[C@H]1COc2ccccc2O1. The summed E-state index contributed by atoms with van der Waals surface area (Å²) in [6, 6.07) is 17.3. The Bertz CT molecular complexity index is 675. The molecule has 0 radical (unpaired) electrons. The minimum absolute atomic E-state index is 0.0315. The smallest absolute Gasteiger partial charge is 0.237 e. The molecular weight excluding hydrogens is 304 g/mol. The van der Waals surface area contributed by atoms with Gasteiger partial charge in [-0.05, 0) is 24.1 Å². The molecule has 24 heavy (non-hydrogen) atoms. The molecule has 2 N–H and O–H groups in total. The molecule has 0 aliphatic carbocycles. The number of rotatable bonds is 6. The van der Waals surface area contributed by atoms with Gasteiger partial charge in [0, 0.05) is 13.6 Å². The lowest BCUT2D eigenvalue weighted by molar-refractivity contribution is -0.122. The zero-order valence-electron chi connectivity index (χ0n) is 13.7. The van der Waals surface area contributed by atoms with Crippen LogP contribution in [0.3, 0.4) is 0 Å². The van der Waals surface area contributed by atoms with Gasteiger partial charge in [-0.15, -0.1) is 0 Å². The van der Waals surface area contributed by atoms with E-state index in [0.717, 1.165) is 17.1 Å². The van der Waals surface area contributed by atoms with E-state index in [-0.39, 0.29) is 18.1 Å². The van der Waals surface area contributed by atoms with E-state index in [1.165, 1.54) is 0 Å². The van der Waals surface area contributed by atoms with Gasteiger partial charge in [0.05, 0.1) is 6.04 Å². The number of amides is 1. The van der Waals surface area contributed by atoms with Crippen molar-refractivity contribution in [1.29, 1.82) is 0 Å². The van der Waals surface area contributed by atoms with Crippen LogP contribution in [0.15, 0.2) is 54.6 Å². The third-order valence-electron chi connectivity index (χ3n) is 4.00. The molecule has 2 aromatic rings. The van der Waals surface area contributed by atoms with E-state index >= 15 is 0 Å². The number of hydrogen-bond acceptors (Lipinski definition) is 4. The molecule has 0 bridgehead atoms. The minimum Gasteiger partial charge on any atom is -0.486 e. The largest absolute Gasteiger partial charge is 0.486 e. The second kappa shape index (κ2) is 7.84. The summed E-state index contributed by atoms with van der Waals surface area (Å²) >= 11 is 0. The van der Waals surface area contributed by atoms with Gasteiger partial charge in [-0.2, -0.15) is 0 Å². The van der Waals surface area contributed by atoms with Gasteiger partial charge < -0.3 is 20.1 Å². The molecule has 1 aliphatic heterocycles. The first-order valence-corrected chi connectivity index (χ1v) is 8.13. The van der Waals surface area contributed by atoms with Crippen LogP contribution in [0.4, 0.5) is 0 Å². The molecule has 1 amide bonds. The Morgan fingerprint density at radius 2 is 1.83 bits per heavy atom. The van der Waals surface area contributed by atoms with Crippen LogP contribution in [0.2, 0.25) is 0 Å². The van der Waals surface area contributed by atoms with Crippen molar-refractivity contribution >= 4 is 5.91 Å². The Hall–Kier alpha value is -2.53. The molecule has 3 rings (SSSR count). The van der Waals surface area contributed by atoms with Gasteiger partial charge in [-0.3, -0.25) is 4.79 Å². The normalized spacial score (nSPS) is 17.1. The number of para-hydroxylation sites is 2. The van der Waals surface area contributed by atoms with Crippen LogP contribution in [0.25, 0.3) is 0 Å². The molecule has 5 heteroatoms. The number of carbonyl (C=O) groups excluding carboxylic acids is 1. The van der Waals surface area contributed by atoms with Crippen LogP contribution >= 0.6 is 0 Å². The Labute approximate surface area is 142 Å². The molecule has 0 fully saturated rings. The summed E-state index contributed by atoms with van der Waals surface area (Å²) < 4.78 is 11.6. The highest BCUT2D eigenvalue weighted by molar-refractivity contribution is 5.81. The highest BCUT2D eigenvalue weighted by Crippen LogP contribution is 2.30. The molecule has 0 saturated carbocycles. The van der Waals surface area contributed by atoms with E-state index < -0.39 is 0 Å². The number of ether oxygens (including phenoxy) is 2. The Morgan fingerprint density at radius 1 is 1.12 bits per heavy atom. The zero-order chi connectivity index (χ0) is 16.8. The lowest BCUT2D eigenvalue weighted by Gasteiger charge is -2.28. The molecule has 1 heterocycles. The summed E-state index contributed by atoms with van der Waals surface area (Å²) in [5, 5.41) is 6.02. The van der Waals surface area contributed by atoms with E-state index in [1.807, 2.05) is 54.6 Å². The maximum Gasteiger partial charge on any atom is 0.237 e. The van der Waals surface area contributed by atoms with E-state index in [0.29, 0.717) is 19.6 Å². The third kappa shape index (κ3) is 4.06. The summed E-state index contributed by atoms with van der Waals surface area (Å²) in [5.41, 5.74) is 1.12. The molecule has 5 nitrogen and oxygen atoms in total. The van der Waals surface area contributed by atoms with Gasteiger partial charge in [0.25, 0.3) is 0 Å². The van der Waals surface area contributed by atoms with Crippen molar-refractivity contribution in [3.8, 4) is 11.5 Å². The molecule has 1 aliphatic rings. The quantitative estimate of drug-likeness (QED) is 0.849. The average molecular weight is 326 g/mol. The second-order valence-electron chi connectivity index (χ2n) is 5.76. The first-order valence-electron chi connectivity index (χ1n) is 8.13. The highest BCUT2D eigenvalue weighted by atomic mass is 16.6. The van der Waals surface area contributed by atoms with Gasteiger partial charge in [0.2, 0.25) is 5.91 Å². The predicted molar refractivity (Wildman–Crippen MR) is 92.4 cm³/mol. The van der Waals surface area contributed by atoms with Crippen molar-refractivity contribution in [3.63, 3.8) is 0 Å². The Kier molecular flexibility index (Phi) is 5.33. The number of likely N-dealkylation sites (N-methyl/N-ethyl adjacent to an activating group) is 1. The number of fused-ring (bicyclic) bond motifs is 1. The number of nitrogens with one attached hydrogen (secondary N) is 2. The van der Waals surface area contributed by atoms with Crippen LogP contribution in [0.5, 0.6) is 11.5 Å². The first kappa shape index (κ1) is 16.3. The van der Waals surface area contributed by atoms with Crippen molar-refractivity contribution in [2.75, 3.05) is 20.2 Å². The van der Waals surface area contributed by atoms with Crippen molar-refractivity contribution in [2.45, 2.75) is 18.6 Å². The summed E-state index contributed by atoms with van der Waals surface area (Å²) in [6.07, 6.45) is 0.507. The van der Waals surface area contributed by atoms with Crippen molar-refractivity contribution in [3.05, 3.63) is 60.2 Å². The lowest BCUT2D eigenvalue weighted by atomic mass is 10.1. The minimum atomic E-state index is -0.307. The van der Waals surface area contributed by atoms with E-state index in [4.69, 9.17) is 9.47 Å². The van der Waals surface area contributed by atoms with Gasteiger partial charge in [-0.1, -0.05) is 42.5 Å². The van der Waals surface area contributed by atoms with Crippen molar-refractivity contribution in [1.82, 2.24) is 10.6 Å². The average Bonchev–Trinajstić information content (AvgIpc) is 2.65. The van der Waals surface area contributed by atoms with Crippen LogP contribution in [-0.2, 0) is 11.2 Å². The van der Waals surface area contributed by atoms with Gasteiger partial charge in [-0.25, -0.2) is 0 Å². The lowest BCUT2D eigenvalue weighted by Crippen LogP contribution is -2.49. The molecule has 2 atom stereocenters. The van der Waals surface area contributed by atoms with E-state index in [2.05, 4.69) is 10.6 Å². The third-order valence-corrected chi connectivity index (χ3v) is 4.00. The van der Waals surface area contributed by atoms with E-state index in [1.54, 1.807) is 7.05 Å². The highest BCUT2D eigenvalue weighted by Gasteiger charge is 2.23. The monoisotopic (exact) mass is 326 g/mol. The fourth-order valence-corrected chi connectivity index (χ4v) is 2.72. The molecule has 126 valence electrons. The van der Waals surface area contributed by atoms with Crippen LogP contribution in [0, 0.1) is 0 Å². The van der Waals surface area contributed by atoms with Crippen LogP contribution in [-0.4, -0.2) is 38.3 Å². The second-order valence-corrected chi connectivity index (χ2v) is 5.76. The molecule has 0 spiro atoms. The summed E-state index contributed by atoms with van der Waals surface area (Å²) in [6.45, 7) is 1.01.